The molecule has 0 bridgehead atoms. The van der Waals surface area contributed by atoms with E-state index < -0.39 is 0 Å². The van der Waals surface area contributed by atoms with Crippen LogP contribution >= 0.6 is 11.8 Å². The minimum Gasteiger partial charge on any atom is -0.287 e. The molecule has 0 spiro atoms. The van der Waals surface area contributed by atoms with Crippen molar-refractivity contribution in [3.05, 3.63) is 35.4 Å². The van der Waals surface area contributed by atoms with E-state index in [9.17, 15) is 4.79 Å². The first-order chi connectivity index (χ1) is 9.29. The number of carbonyl (C=O) groups is 1. The maximum absolute atomic E-state index is 12.1. The minimum atomic E-state index is 0.221. The van der Waals surface area contributed by atoms with Gasteiger partial charge in [-0.1, -0.05) is 55.8 Å². The van der Waals surface area contributed by atoms with Gasteiger partial charge in [0.15, 0.2) is 12.1 Å². The molecular weight excluding hydrogens is 254 g/mol. The van der Waals surface area contributed by atoms with Crippen LogP contribution in [-0.2, 0) is 6.42 Å². The minimum absolute atomic E-state index is 0.221. The van der Waals surface area contributed by atoms with Crippen molar-refractivity contribution in [1.82, 2.24) is 0 Å². The number of rotatable bonds is 7. The van der Waals surface area contributed by atoms with Gasteiger partial charge in [0.1, 0.15) is 0 Å². The van der Waals surface area contributed by atoms with E-state index in [1.807, 2.05) is 12.1 Å². The van der Waals surface area contributed by atoms with Crippen molar-refractivity contribution in [2.75, 3.05) is 18.8 Å². The SMILES string of the molecule is CCCCCc1ccc(C(=O)C[N+]2=CSCC2)cc1. The van der Waals surface area contributed by atoms with E-state index in [0.29, 0.717) is 6.54 Å². The summed E-state index contributed by atoms with van der Waals surface area (Å²) in [5.41, 5.74) is 4.25. The second kappa shape index (κ2) is 7.49. The predicted octanol–water partition coefficient (Wildman–Crippen LogP) is 3.39. The Kier molecular flexibility index (Phi) is 5.64. The molecule has 1 aromatic rings. The number of benzene rings is 1. The molecule has 19 heavy (non-hydrogen) atoms. The number of thioether (sulfide) groups is 1. The number of carbonyl (C=O) groups excluding carboxylic acids is 1. The van der Waals surface area contributed by atoms with Crippen molar-refractivity contribution in [2.24, 2.45) is 0 Å². The van der Waals surface area contributed by atoms with Gasteiger partial charge in [-0.3, -0.25) is 4.79 Å². The largest absolute Gasteiger partial charge is 0.287 e. The van der Waals surface area contributed by atoms with Gasteiger partial charge < -0.3 is 0 Å². The van der Waals surface area contributed by atoms with E-state index in [1.165, 1.54) is 24.8 Å². The lowest BCUT2D eigenvalue weighted by Crippen LogP contribution is -2.20. The first-order valence-corrected chi connectivity index (χ1v) is 8.15. The molecular formula is C16H22NOS+. The second-order valence-corrected chi connectivity index (χ2v) is 5.98. The lowest BCUT2D eigenvalue weighted by Gasteiger charge is -2.03. The second-order valence-electron chi connectivity index (χ2n) is 5.02. The molecule has 0 unspecified atom stereocenters. The van der Waals surface area contributed by atoms with Crippen LogP contribution in [0, 0.1) is 0 Å². The maximum Gasteiger partial charge on any atom is 0.227 e. The molecule has 0 saturated carbocycles. The number of unbranched alkanes of at least 4 members (excludes halogenated alkanes) is 2. The van der Waals surface area contributed by atoms with Crippen LogP contribution in [0.5, 0.6) is 0 Å². The average molecular weight is 276 g/mol. The summed E-state index contributed by atoms with van der Waals surface area (Å²) >= 11 is 1.78. The normalized spacial score (nSPS) is 14.5. The fraction of sp³-hybridized carbons (Fsp3) is 0.500. The Morgan fingerprint density at radius 2 is 2.05 bits per heavy atom. The lowest BCUT2D eigenvalue weighted by molar-refractivity contribution is -0.499. The fourth-order valence-corrected chi connectivity index (χ4v) is 3.05. The summed E-state index contributed by atoms with van der Waals surface area (Å²) in [6.07, 6.45) is 4.90. The Balaban J connectivity index is 1.88. The third-order valence-corrected chi connectivity index (χ3v) is 4.28. The van der Waals surface area contributed by atoms with Crippen LogP contribution in [-0.4, -0.2) is 34.7 Å². The van der Waals surface area contributed by atoms with E-state index in [4.69, 9.17) is 0 Å². The molecule has 2 nitrogen and oxygen atoms in total. The highest BCUT2D eigenvalue weighted by atomic mass is 32.2. The molecule has 0 amide bonds. The number of hydrogen-bond acceptors (Lipinski definition) is 2. The zero-order valence-corrected chi connectivity index (χ0v) is 12.4. The van der Waals surface area contributed by atoms with Crippen molar-refractivity contribution < 1.29 is 9.37 Å². The third kappa shape index (κ3) is 4.50. The van der Waals surface area contributed by atoms with Gasteiger partial charge in [0.05, 0.1) is 5.75 Å². The molecule has 0 N–H and O–H groups in total. The van der Waals surface area contributed by atoms with Crippen molar-refractivity contribution in [3.63, 3.8) is 0 Å². The molecule has 0 aromatic heterocycles. The predicted molar refractivity (Wildman–Crippen MR) is 82.5 cm³/mol. The summed E-state index contributed by atoms with van der Waals surface area (Å²) in [5.74, 6) is 1.32. The Bertz CT molecular complexity index is 450. The maximum atomic E-state index is 12.1. The summed E-state index contributed by atoms with van der Waals surface area (Å²) < 4.78 is 2.10. The zero-order chi connectivity index (χ0) is 13.5. The first-order valence-electron chi connectivity index (χ1n) is 7.10. The third-order valence-electron chi connectivity index (χ3n) is 3.41. The molecule has 1 aliphatic rings. The number of nitrogens with zero attached hydrogens (tertiary/aromatic N) is 1. The van der Waals surface area contributed by atoms with Crippen molar-refractivity contribution in [1.29, 1.82) is 0 Å². The Hall–Kier alpha value is -1.09. The molecule has 1 aliphatic heterocycles. The molecule has 0 saturated heterocycles. The van der Waals surface area contributed by atoms with Crippen molar-refractivity contribution >= 4 is 23.1 Å². The van der Waals surface area contributed by atoms with Gasteiger partial charge in [-0.05, 0) is 18.4 Å². The topological polar surface area (TPSA) is 20.1 Å². The summed E-state index contributed by atoms with van der Waals surface area (Å²) in [6.45, 7) is 3.73. The summed E-state index contributed by atoms with van der Waals surface area (Å²) in [7, 11) is 0. The molecule has 0 aliphatic carbocycles. The zero-order valence-electron chi connectivity index (χ0n) is 11.6. The Morgan fingerprint density at radius 1 is 1.26 bits per heavy atom. The van der Waals surface area contributed by atoms with Gasteiger partial charge in [0.25, 0.3) is 0 Å². The molecule has 0 atom stereocenters. The van der Waals surface area contributed by atoms with Crippen LogP contribution in [0.25, 0.3) is 0 Å². The van der Waals surface area contributed by atoms with Crippen LogP contribution in [0.15, 0.2) is 24.3 Å². The monoisotopic (exact) mass is 276 g/mol. The van der Waals surface area contributed by atoms with Gasteiger partial charge in [0.2, 0.25) is 12.3 Å². The van der Waals surface area contributed by atoms with Crippen LogP contribution < -0.4 is 0 Å². The Labute approximate surface area is 119 Å². The van der Waals surface area contributed by atoms with Gasteiger partial charge in [-0.15, -0.1) is 0 Å². The van der Waals surface area contributed by atoms with E-state index >= 15 is 0 Å². The van der Waals surface area contributed by atoms with Crippen molar-refractivity contribution in [2.45, 2.75) is 32.6 Å². The highest BCUT2D eigenvalue weighted by Crippen LogP contribution is 2.10. The van der Waals surface area contributed by atoms with Crippen LogP contribution in [0.3, 0.4) is 0 Å². The average Bonchev–Trinajstić information content (AvgIpc) is 2.93. The molecule has 0 radical (unpaired) electrons. The molecule has 0 fully saturated rings. The summed E-state index contributed by atoms with van der Waals surface area (Å²) in [6, 6.07) is 8.16. The first kappa shape index (κ1) is 14.3. The van der Waals surface area contributed by atoms with Crippen LogP contribution in [0.2, 0.25) is 0 Å². The quantitative estimate of drug-likeness (QED) is 0.432. The standard InChI is InChI=1S/C16H22NOS/c1-2-3-4-5-14-6-8-15(9-7-14)16(18)12-17-10-11-19-13-17/h6-9,13H,2-5,10-12H2,1H3/q+1. The number of Topliss-reactive ketones (excluding diaryl/α,β-unsaturated/α-hetero) is 1. The van der Waals surface area contributed by atoms with E-state index in [1.54, 1.807) is 11.8 Å². The van der Waals surface area contributed by atoms with Gasteiger partial charge in [-0.2, -0.15) is 0 Å². The van der Waals surface area contributed by atoms with E-state index in [0.717, 1.165) is 24.3 Å². The van der Waals surface area contributed by atoms with E-state index in [-0.39, 0.29) is 5.78 Å². The fourth-order valence-electron chi connectivity index (χ4n) is 2.21. The smallest absolute Gasteiger partial charge is 0.227 e. The molecule has 1 heterocycles. The molecule has 1 aromatic carbocycles. The number of aryl methyl sites for hydroxylation is 1. The number of hydrogen-bond donors (Lipinski definition) is 0. The highest BCUT2D eigenvalue weighted by molar-refractivity contribution is 8.12. The van der Waals surface area contributed by atoms with Gasteiger partial charge >= 0.3 is 0 Å². The van der Waals surface area contributed by atoms with Crippen molar-refractivity contribution in [3.8, 4) is 0 Å². The summed E-state index contributed by atoms with van der Waals surface area (Å²) in [4.78, 5) is 12.1. The Morgan fingerprint density at radius 3 is 2.68 bits per heavy atom. The molecule has 2 rings (SSSR count). The van der Waals surface area contributed by atoms with Crippen LogP contribution in [0.1, 0.15) is 42.1 Å². The van der Waals surface area contributed by atoms with Gasteiger partial charge in [0, 0.05) is 5.56 Å². The van der Waals surface area contributed by atoms with Gasteiger partial charge in [-0.25, -0.2) is 4.58 Å². The molecule has 102 valence electrons. The summed E-state index contributed by atoms with van der Waals surface area (Å²) in [5, 5.41) is 0. The number of ketones is 1. The van der Waals surface area contributed by atoms with E-state index in [2.05, 4.69) is 29.2 Å². The lowest BCUT2D eigenvalue weighted by atomic mass is 10.0. The van der Waals surface area contributed by atoms with Crippen LogP contribution in [0.4, 0.5) is 0 Å². The molecule has 3 heteroatoms. The highest BCUT2D eigenvalue weighted by Gasteiger charge is 2.17.